The molecule has 1 aromatic heterocycles. The van der Waals surface area contributed by atoms with Crippen molar-refractivity contribution in [3.63, 3.8) is 0 Å². The zero-order chi connectivity index (χ0) is 8.97. The first-order valence-electron chi connectivity index (χ1n) is 2.95. The molecule has 0 N–H and O–H groups in total. The van der Waals surface area contributed by atoms with Crippen molar-refractivity contribution in [3.8, 4) is 0 Å². The number of amides is 1. The van der Waals surface area contributed by atoms with Crippen LogP contribution in [-0.2, 0) is 10.5 Å². The second-order valence-electron chi connectivity index (χ2n) is 1.86. The number of hydrogen-bond donors (Lipinski definition) is 0. The molecule has 0 fully saturated rings. The number of pyridine rings is 1. The minimum absolute atomic E-state index is 0. The van der Waals surface area contributed by atoms with Crippen molar-refractivity contribution in [1.82, 2.24) is 4.98 Å². The second kappa shape index (κ2) is 5.39. The lowest BCUT2D eigenvalue weighted by atomic mass is 10.3. The monoisotopic (exact) mass is 220 g/mol. The van der Waals surface area contributed by atoms with Crippen LogP contribution in [-0.4, -0.2) is 19.3 Å². The van der Waals surface area contributed by atoms with Gasteiger partial charge in [0.05, 0.1) is 5.56 Å². The number of carbonyl (C=O) groups is 1. The van der Waals surface area contributed by atoms with Crippen molar-refractivity contribution in [2.45, 2.75) is 0 Å². The van der Waals surface area contributed by atoms with Crippen LogP contribution in [0.15, 0.2) is 28.9 Å². The first-order chi connectivity index (χ1) is 5.70. The molecule has 0 saturated carbocycles. The molecule has 0 atom stereocenters. The molecule has 0 radical (unpaired) electrons. The first-order valence-corrected chi connectivity index (χ1v) is 3.99. The van der Waals surface area contributed by atoms with Gasteiger partial charge in [0, 0.05) is 12.4 Å². The van der Waals surface area contributed by atoms with Gasteiger partial charge in [0.2, 0.25) is 0 Å². The summed E-state index contributed by atoms with van der Waals surface area (Å²) in [6.07, 6.45) is 2.73. The summed E-state index contributed by atoms with van der Waals surface area (Å²) < 4.78 is 22.7. The Balaban J connectivity index is 0.00000144. The molecule has 1 amide bonds. The largest absolute Gasteiger partial charge is 0.319 e. The van der Waals surface area contributed by atoms with Gasteiger partial charge >= 0.3 is 10.5 Å². The molecule has 70 valence electrons. The van der Waals surface area contributed by atoms with Crippen LogP contribution in [0.1, 0.15) is 10.4 Å². The Morgan fingerprint density at radius 3 is 2.62 bits per heavy atom. The molecule has 0 bridgehead atoms. The Bertz CT molecular complexity index is 407. The summed E-state index contributed by atoms with van der Waals surface area (Å²) in [5.74, 6) is -0.809. The van der Waals surface area contributed by atoms with Crippen molar-refractivity contribution in [1.29, 1.82) is 0 Å². The van der Waals surface area contributed by atoms with Gasteiger partial charge in [-0.15, -0.1) is 12.4 Å². The summed E-state index contributed by atoms with van der Waals surface area (Å²) in [5.41, 5.74) is 0.154. The molecule has 0 saturated heterocycles. The van der Waals surface area contributed by atoms with Crippen LogP contribution in [0, 0.1) is 0 Å². The Labute approximate surface area is 81.9 Å². The van der Waals surface area contributed by atoms with E-state index < -0.39 is 16.4 Å². The predicted molar refractivity (Wildman–Crippen MR) is 47.2 cm³/mol. The Morgan fingerprint density at radius 2 is 2.15 bits per heavy atom. The number of nitrogens with zero attached hydrogens (tertiary/aromatic N) is 2. The van der Waals surface area contributed by atoms with Gasteiger partial charge < -0.3 is 0 Å². The molecule has 13 heavy (non-hydrogen) atoms. The van der Waals surface area contributed by atoms with E-state index in [4.69, 9.17) is 0 Å². The van der Waals surface area contributed by atoms with Crippen LogP contribution in [0.4, 0.5) is 0 Å². The third-order valence-corrected chi connectivity index (χ3v) is 1.38. The zero-order valence-corrected chi connectivity index (χ0v) is 7.88. The summed E-state index contributed by atoms with van der Waals surface area (Å²) >= 11 is 0. The van der Waals surface area contributed by atoms with Gasteiger partial charge in [0.25, 0.3) is 5.91 Å². The number of aromatic nitrogens is 1. The van der Waals surface area contributed by atoms with Gasteiger partial charge in [0.15, 0.2) is 0 Å². The van der Waals surface area contributed by atoms with Gasteiger partial charge in [-0.25, -0.2) is 0 Å². The molecule has 0 aliphatic heterocycles. The van der Waals surface area contributed by atoms with Gasteiger partial charge in [0.1, 0.15) is 0 Å². The van der Waals surface area contributed by atoms with E-state index >= 15 is 0 Å². The van der Waals surface area contributed by atoms with Crippen LogP contribution < -0.4 is 0 Å². The molecule has 0 aromatic carbocycles. The minimum Gasteiger partial charge on any atom is -0.266 e. The van der Waals surface area contributed by atoms with Gasteiger partial charge in [-0.2, -0.15) is 8.42 Å². The lowest BCUT2D eigenvalue weighted by Crippen LogP contribution is -1.93. The van der Waals surface area contributed by atoms with Gasteiger partial charge in [-0.05, 0) is 12.1 Å². The van der Waals surface area contributed by atoms with Crippen molar-refractivity contribution >= 4 is 28.8 Å². The van der Waals surface area contributed by atoms with Crippen LogP contribution in [0.3, 0.4) is 0 Å². The van der Waals surface area contributed by atoms with Crippen molar-refractivity contribution in [3.05, 3.63) is 30.1 Å². The first kappa shape index (κ1) is 11.7. The summed E-state index contributed by atoms with van der Waals surface area (Å²) in [7, 11) is -2.70. The smallest absolute Gasteiger partial charge is 0.266 e. The number of hydrogen-bond acceptors (Lipinski definition) is 4. The molecular weight excluding hydrogens is 216 g/mol. The van der Waals surface area contributed by atoms with E-state index in [0.29, 0.717) is 0 Å². The molecule has 0 aliphatic carbocycles. The van der Waals surface area contributed by atoms with Crippen LogP contribution in [0.2, 0.25) is 0 Å². The lowest BCUT2D eigenvalue weighted by molar-refractivity contribution is 0.100. The Kier molecular flexibility index (Phi) is 4.86. The predicted octanol–water partition coefficient (Wildman–Crippen LogP) is 0.706. The maximum Gasteiger partial charge on any atom is 0.319 e. The fraction of sp³-hybridized carbons (Fsp3) is 0. The standard InChI is InChI=1S/C6H4N2O3S.ClH/c9-6(8-12(10)11)5-2-1-3-7-4-5;/h1-4H;1H. The molecule has 7 heteroatoms. The fourth-order valence-electron chi connectivity index (χ4n) is 0.610. The highest BCUT2D eigenvalue weighted by atomic mass is 35.5. The maximum atomic E-state index is 10.9. The highest BCUT2D eigenvalue weighted by Crippen LogP contribution is 1.97. The lowest BCUT2D eigenvalue weighted by Gasteiger charge is -1.88. The van der Waals surface area contributed by atoms with E-state index in [9.17, 15) is 13.2 Å². The zero-order valence-electron chi connectivity index (χ0n) is 6.25. The molecule has 5 nitrogen and oxygen atoms in total. The normalized spacial score (nSPS) is 8.31. The summed E-state index contributed by atoms with van der Waals surface area (Å²) in [4.78, 5) is 14.5. The van der Waals surface area contributed by atoms with Gasteiger partial charge in [-0.1, -0.05) is 4.36 Å². The molecule has 1 rings (SSSR count). The number of halogens is 1. The van der Waals surface area contributed by atoms with E-state index in [0.717, 1.165) is 0 Å². The van der Waals surface area contributed by atoms with Crippen molar-refractivity contribution < 1.29 is 13.2 Å². The van der Waals surface area contributed by atoms with E-state index in [2.05, 4.69) is 9.35 Å². The number of carbonyl (C=O) groups excluding carboxylic acids is 1. The Morgan fingerprint density at radius 1 is 1.46 bits per heavy atom. The average molecular weight is 221 g/mol. The highest BCUT2D eigenvalue weighted by Gasteiger charge is 2.02. The van der Waals surface area contributed by atoms with Crippen molar-refractivity contribution in [2.75, 3.05) is 0 Å². The summed E-state index contributed by atoms with van der Waals surface area (Å²) in [5, 5.41) is 0. The quantitative estimate of drug-likeness (QED) is 0.698. The second-order valence-corrected chi connectivity index (χ2v) is 2.47. The molecule has 0 spiro atoms. The third kappa shape index (κ3) is 3.77. The topological polar surface area (TPSA) is 76.5 Å². The molecule has 1 aromatic rings. The van der Waals surface area contributed by atoms with E-state index in [-0.39, 0.29) is 18.0 Å². The Hall–Kier alpha value is -1.27. The maximum absolute atomic E-state index is 10.9. The van der Waals surface area contributed by atoms with Gasteiger partial charge in [-0.3, -0.25) is 9.78 Å². The minimum atomic E-state index is -2.70. The van der Waals surface area contributed by atoms with Crippen molar-refractivity contribution in [2.24, 2.45) is 4.36 Å². The fourth-order valence-corrected chi connectivity index (χ4v) is 0.850. The highest BCUT2D eigenvalue weighted by molar-refractivity contribution is 7.62. The van der Waals surface area contributed by atoms with Crippen LogP contribution >= 0.6 is 12.4 Å². The average Bonchev–Trinajstić information content (AvgIpc) is 2.05. The molecule has 1 heterocycles. The van der Waals surface area contributed by atoms with E-state index in [1.54, 1.807) is 0 Å². The van der Waals surface area contributed by atoms with Crippen LogP contribution in [0.25, 0.3) is 0 Å². The SMILES string of the molecule is Cl.O=C(N=S(=O)=O)c1cccnc1. The third-order valence-electron chi connectivity index (χ3n) is 1.07. The van der Waals surface area contributed by atoms with E-state index in [1.807, 2.05) is 0 Å². The van der Waals surface area contributed by atoms with E-state index in [1.165, 1.54) is 24.5 Å². The number of rotatable bonds is 1. The summed E-state index contributed by atoms with van der Waals surface area (Å²) in [6, 6.07) is 2.96. The summed E-state index contributed by atoms with van der Waals surface area (Å²) in [6.45, 7) is 0. The molecule has 0 aliphatic rings. The van der Waals surface area contributed by atoms with Crippen LogP contribution in [0.5, 0.6) is 0 Å². The molecule has 0 unspecified atom stereocenters. The molecular formula is C6H5ClN2O3S.